The van der Waals surface area contributed by atoms with Gasteiger partial charge in [-0.25, -0.2) is 18.1 Å². The molecule has 0 unspecified atom stereocenters. The third-order valence-corrected chi connectivity index (χ3v) is 10.9. The van der Waals surface area contributed by atoms with Gasteiger partial charge in [0.15, 0.2) is 17.3 Å². The fourth-order valence-electron chi connectivity index (χ4n) is 6.08. The zero-order valence-corrected chi connectivity index (χ0v) is 28.3. The van der Waals surface area contributed by atoms with E-state index in [0.717, 1.165) is 22.4 Å². The predicted molar refractivity (Wildman–Crippen MR) is 183 cm³/mol. The Morgan fingerprint density at radius 2 is 1.64 bits per heavy atom. The summed E-state index contributed by atoms with van der Waals surface area (Å²) in [5.74, 6) is 0.703. The first-order valence-corrected chi connectivity index (χ1v) is 17.2. The highest BCUT2D eigenvalue weighted by atomic mass is 79.9. The summed E-state index contributed by atoms with van der Waals surface area (Å²) in [6.45, 7) is 5.98. The standard InChI is InChI=1S/C35H30BrN5O5S/c1-19(2)21-9-13-24(14-10-21)47(44,45)25-15-11-23(12-16-25)41-33-30(20(3)39-41)31(22-17-26(36)32(42)29(18-22)46-4)40-28-8-6-5-7-27(28)37-35(43)34(40)38-33/h5-19,31,42H,1-4H3,(H,37,43)/t31-/m1/s1. The van der Waals surface area contributed by atoms with Crippen LogP contribution in [0.5, 0.6) is 11.5 Å². The Hall–Kier alpha value is -4.94. The van der Waals surface area contributed by atoms with Crippen LogP contribution in [0, 0.1) is 6.92 Å². The normalized spacial score (nSPS) is 15.4. The van der Waals surface area contributed by atoms with Crippen molar-refractivity contribution >= 4 is 54.7 Å². The molecule has 2 aliphatic rings. The van der Waals surface area contributed by atoms with Crippen LogP contribution in [-0.2, 0) is 14.6 Å². The van der Waals surface area contributed by atoms with Crippen LogP contribution in [0.2, 0.25) is 0 Å². The zero-order valence-electron chi connectivity index (χ0n) is 25.9. The fraction of sp³-hybridized carbons (Fsp3) is 0.171. The molecule has 0 saturated heterocycles. The third-order valence-electron chi connectivity index (χ3n) is 8.50. The van der Waals surface area contributed by atoms with Crippen LogP contribution in [0.1, 0.15) is 48.2 Å². The van der Waals surface area contributed by atoms with E-state index in [1.807, 2.05) is 48.2 Å². The van der Waals surface area contributed by atoms with E-state index in [9.17, 15) is 18.3 Å². The van der Waals surface area contributed by atoms with Gasteiger partial charge >= 0.3 is 0 Å². The molecule has 4 aromatic carbocycles. The van der Waals surface area contributed by atoms with Gasteiger partial charge in [0.2, 0.25) is 15.7 Å². The quantitative estimate of drug-likeness (QED) is 0.191. The number of anilines is 2. The number of nitrogens with zero attached hydrogens (tertiary/aromatic N) is 4. The van der Waals surface area contributed by atoms with Crippen LogP contribution in [0.4, 0.5) is 17.2 Å². The minimum atomic E-state index is -3.76. The summed E-state index contributed by atoms with van der Waals surface area (Å²) >= 11 is 3.46. The molecule has 12 heteroatoms. The molecular weight excluding hydrogens is 682 g/mol. The Labute approximate surface area is 280 Å². The molecule has 47 heavy (non-hydrogen) atoms. The first kappa shape index (κ1) is 30.7. The van der Waals surface area contributed by atoms with Gasteiger partial charge in [0, 0.05) is 5.56 Å². The number of hydrogen-bond donors (Lipinski definition) is 2. The number of aromatic nitrogens is 2. The van der Waals surface area contributed by atoms with Crippen molar-refractivity contribution in [2.45, 2.75) is 42.5 Å². The molecule has 238 valence electrons. The van der Waals surface area contributed by atoms with Crippen molar-refractivity contribution in [3.8, 4) is 17.2 Å². The number of aliphatic imine (C=N–C) groups is 1. The maximum absolute atomic E-state index is 13.6. The van der Waals surface area contributed by atoms with Crippen molar-refractivity contribution in [1.82, 2.24) is 9.78 Å². The van der Waals surface area contributed by atoms with E-state index in [0.29, 0.717) is 27.4 Å². The van der Waals surface area contributed by atoms with Gasteiger partial charge in [-0.1, -0.05) is 38.1 Å². The summed E-state index contributed by atoms with van der Waals surface area (Å²) < 4.78 is 34.5. The first-order valence-electron chi connectivity index (χ1n) is 14.9. The van der Waals surface area contributed by atoms with Crippen molar-refractivity contribution in [3.05, 3.63) is 112 Å². The van der Waals surface area contributed by atoms with Crippen LogP contribution in [0.15, 0.2) is 104 Å². The second-order valence-electron chi connectivity index (χ2n) is 11.7. The molecular formula is C35H30BrN5O5S. The monoisotopic (exact) mass is 711 g/mol. The largest absolute Gasteiger partial charge is 0.503 e. The molecule has 0 radical (unpaired) electrons. The smallest absolute Gasteiger partial charge is 0.291 e. The Morgan fingerprint density at radius 3 is 2.30 bits per heavy atom. The molecule has 7 rings (SSSR count). The Balaban J connectivity index is 1.37. The second kappa shape index (κ2) is 11.4. The number of amidine groups is 1. The minimum Gasteiger partial charge on any atom is -0.503 e. The topological polar surface area (TPSA) is 126 Å². The van der Waals surface area contributed by atoms with E-state index in [4.69, 9.17) is 14.8 Å². The molecule has 1 atom stereocenters. The number of aryl methyl sites for hydroxylation is 1. The number of carbonyl (C=O) groups excluding carboxylic acids is 1. The molecule has 0 spiro atoms. The number of halogens is 1. The summed E-state index contributed by atoms with van der Waals surface area (Å²) in [5, 5.41) is 18.4. The number of rotatable bonds is 6. The number of phenols is 1. The van der Waals surface area contributed by atoms with Crippen molar-refractivity contribution in [2.75, 3.05) is 17.3 Å². The Bertz CT molecular complexity index is 2210. The summed E-state index contributed by atoms with van der Waals surface area (Å²) in [5.41, 5.74) is 5.12. The fourth-order valence-corrected chi connectivity index (χ4v) is 7.80. The number of nitrogens with one attached hydrogen (secondary N) is 1. The Morgan fingerprint density at radius 1 is 0.979 bits per heavy atom. The van der Waals surface area contributed by atoms with Gasteiger partial charge in [-0.15, -0.1) is 0 Å². The van der Waals surface area contributed by atoms with E-state index < -0.39 is 15.9 Å². The highest BCUT2D eigenvalue weighted by Gasteiger charge is 2.43. The van der Waals surface area contributed by atoms with E-state index in [1.165, 1.54) is 7.11 Å². The number of carbonyl (C=O) groups is 1. The summed E-state index contributed by atoms with van der Waals surface area (Å²) in [6.07, 6.45) is 0. The Kier molecular flexibility index (Phi) is 7.44. The van der Waals surface area contributed by atoms with Gasteiger partial charge in [-0.3, -0.25) is 4.79 Å². The number of amides is 1. The van der Waals surface area contributed by atoms with Crippen molar-refractivity contribution in [1.29, 1.82) is 0 Å². The average Bonchev–Trinajstić information content (AvgIpc) is 3.41. The molecule has 1 amide bonds. The zero-order chi connectivity index (χ0) is 33.2. The number of fused-ring (bicyclic) bond motifs is 4. The van der Waals surface area contributed by atoms with Gasteiger partial charge in [0.1, 0.15) is 0 Å². The number of methoxy groups -OCH3 is 1. The number of hydrogen-bond acceptors (Lipinski definition) is 8. The van der Waals surface area contributed by atoms with Crippen LogP contribution in [0.3, 0.4) is 0 Å². The lowest BCUT2D eigenvalue weighted by Crippen LogP contribution is -2.48. The van der Waals surface area contributed by atoms with Gasteiger partial charge in [0.05, 0.1) is 50.2 Å². The van der Waals surface area contributed by atoms with E-state index in [1.54, 1.807) is 53.2 Å². The molecule has 0 bridgehead atoms. The number of sulfone groups is 1. The van der Waals surface area contributed by atoms with Gasteiger partial charge in [-0.05, 0) is 101 Å². The minimum absolute atomic E-state index is 0.0451. The number of para-hydroxylation sites is 2. The molecule has 3 heterocycles. The molecule has 0 saturated carbocycles. The summed E-state index contributed by atoms with van der Waals surface area (Å²) in [7, 11) is -2.28. The maximum atomic E-state index is 13.6. The predicted octanol–water partition coefficient (Wildman–Crippen LogP) is 7.21. The van der Waals surface area contributed by atoms with Crippen molar-refractivity contribution in [2.24, 2.45) is 4.99 Å². The number of benzene rings is 4. The molecule has 1 aromatic heterocycles. The van der Waals surface area contributed by atoms with Crippen LogP contribution < -0.4 is 15.0 Å². The lowest BCUT2D eigenvalue weighted by Gasteiger charge is -2.40. The summed E-state index contributed by atoms with van der Waals surface area (Å²) in [6, 6.07) is 23.8. The maximum Gasteiger partial charge on any atom is 0.291 e. The van der Waals surface area contributed by atoms with E-state index in [-0.39, 0.29) is 39.0 Å². The van der Waals surface area contributed by atoms with E-state index in [2.05, 4.69) is 35.1 Å². The van der Waals surface area contributed by atoms with Crippen molar-refractivity contribution in [3.63, 3.8) is 0 Å². The van der Waals surface area contributed by atoms with E-state index >= 15 is 0 Å². The molecule has 0 fully saturated rings. The molecule has 2 N–H and O–H groups in total. The SMILES string of the molecule is COc1cc([C@@H]2c3c(C)nn(-c4ccc(S(=O)(=O)c5ccc(C(C)C)cc5)cc4)c3N=C3C(=O)Nc4ccccc4N32)cc(Br)c1O. The van der Waals surface area contributed by atoms with Crippen molar-refractivity contribution < 1.29 is 23.1 Å². The van der Waals surface area contributed by atoms with Gasteiger partial charge < -0.3 is 20.1 Å². The highest BCUT2D eigenvalue weighted by molar-refractivity contribution is 9.10. The molecule has 5 aromatic rings. The number of ether oxygens (including phenoxy) is 1. The average molecular weight is 713 g/mol. The second-order valence-corrected chi connectivity index (χ2v) is 14.5. The lowest BCUT2D eigenvalue weighted by atomic mass is 9.93. The third kappa shape index (κ3) is 4.99. The number of aromatic hydroxyl groups is 1. The van der Waals surface area contributed by atoms with Crippen LogP contribution in [-0.4, -0.2) is 42.2 Å². The van der Waals surface area contributed by atoms with Gasteiger partial charge in [-0.2, -0.15) is 5.10 Å². The molecule has 2 aliphatic heterocycles. The van der Waals surface area contributed by atoms with Gasteiger partial charge in [0.25, 0.3) is 5.91 Å². The molecule has 10 nitrogen and oxygen atoms in total. The van der Waals surface area contributed by atoms with Crippen LogP contribution in [0.25, 0.3) is 5.69 Å². The molecule has 0 aliphatic carbocycles. The van der Waals surface area contributed by atoms with Crippen LogP contribution >= 0.6 is 15.9 Å². The lowest BCUT2D eigenvalue weighted by molar-refractivity contribution is -0.110. The summed E-state index contributed by atoms with van der Waals surface area (Å²) in [4.78, 5) is 20.7. The first-order chi connectivity index (χ1) is 22.5. The highest BCUT2D eigenvalue weighted by Crippen LogP contribution is 2.49. The number of phenolic OH excluding ortho intramolecular Hbond substituents is 1.